The molecular formula is C12H14N2O3S. The Hall–Kier alpha value is -1.42. The molecule has 1 aliphatic rings. The summed E-state index contributed by atoms with van der Waals surface area (Å²) < 4.78 is 26.5. The predicted octanol–water partition coefficient (Wildman–Crippen LogP) is 0.607. The lowest BCUT2D eigenvalue weighted by Gasteiger charge is -2.31. The van der Waals surface area contributed by atoms with Gasteiger partial charge in [0.2, 0.25) is 10.0 Å². The normalized spacial score (nSPS) is 23.1. The molecule has 0 heterocycles. The van der Waals surface area contributed by atoms with Crippen LogP contribution >= 0.6 is 0 Å². The molecule has 0 aromatic heterocycles. The van der Waals surface area contributed by atoms with Crippen molar-refractivity contribution in [3.8, 4) is 6.07 Å². The predicted molar refractivity (Wildman–Crippen MR) is 65.1 cm³/mol. The van der Waals surface area contributed by atoms with Gasteiger partial charge < -0.3 is 5.11 Å². The van der Waals surface area contributed by atoms with E-state index < -0.39 is 10.0 Å². The first kappa shape index (κ1) is 13.0. The number of nitriles is 1. The maximum absolute atomic E-state index is 12.0. The third-order valence-electron chi connectivity index (χ3n) is 3.07. The largest absolute Gasteiger partial charge is 0.393 e. The fourth-order valence-corrected chi connectivity index (χ4v) is 3.24. The van der Waals surface area contributed by atoms with Crippen LogP contribution in [0, 0.1) is 17.2 Å². The van der Waals surface area contributed by atoms with Crippen LogP contribution in [0.4, 0.5) is 0 Å². The van der Waals surface area contributed by atoms with Crippen LogP contribution < -0.4 is 4.72 Å². The molecule has 0 bridgehead atoms. The summed E-state index contributed by atoms with van der Waals surface area (Å²) in [6.07, 6.45) is 0.955. The first-order valence-corrected chi connectivity index (χ1v) is 7.18. The number of sulfonamides is 1. The Balaban J connectivity index is 2.09. The van der Waals surface area contributed by atoms with Crippen LogP contribution in [-0.2, 0) is 10.0 Å². The standard InChI is InChI=1S/C12H14N2O3S/c13-7-10-3-1-2-4-12(10)18(16,17)14-8-9-5-11(15)6-9/h1-4,9,11,14-15H,5-6,8H2. The molecule has 1 fully saturated rings. The second-order valence-electron chi connectivity index (χ2n) is 4.45. The van der Waals surface area contributed by atoms with Gasteiger partial charge in [-0.15, -0.1) is 0 Å². The smallest absolute Gasteiger partial charge is 0.241 e. The second kappa shape index (κ2) is 5.06. The molecule has 1 aliphatic carbocycles. The average Bonchev–Trinajstić information content (AvgIpc) is 2.33. The molecule has 1 aromatic rings. The Bertz CT molecular complexity index is 571. The van der Waals surface area contributed by atoms with E-state index in [4.69, 9.17) is 10.4 Å². The van der Waals surface area contributed by atoms with Gasteiger partial charge in [-0.1, -0.05) is 12.1 Å². The number of aliphatic hydroxyl groups excluding tert-OH is 1. The van der Waals surface area contributed by atoms with Crippen molar-refractivity contribution in [3.05, 3.63) is 29.8 Å². The zero-order valence-corrected chi connectivity index (χ0v) is 10.5. The summed E-state index contributed by atoms with van der Waals surface area (Å²) in [5.41, 5.74) is 0.138. The lowest BCUT2D eigenvalue weighted by Crippen LogP contribution is -2.38. The molecular weight excluding hydrogens is 252 g/mol. The molecule has 18 heavy (non-hydrogen) atoms. The lowest BCUT2D eigenvalue weighted by atomic mass is 9.83. The molecule has 0 radical (unpaired) electrons. The Morgan fingerprint density at radius 2 is 2.06 bits per heavy atom. The van der Waals surface area contributed by atoms with Crippen LogP contribution in [-0.4, -0.2) is 26.2 Å². The van der Waals surface area contributed by atoms with E-state index in [1.807, 2.05) is 6.07 Å². The number of rotatable bonds is 4. The highest BCUT2D eigenvalue weighted by Gasteiger charge is 2.28. The fourth-order valence-electron chi connectivity index (χ4n) is 1.97. The summed E-state index contributed by atoms with van der Waals surface area (Å²) >= 11 is 0. The van der Waals surface area contributed by atoms with E-state index in [0.717, 1.165) is 0 Å². The summed E-state index contributed by atoms with van der Waals surface area (Å²) in [7, 11) is -3.65. The van der Waals surface area contributed by atoms with Crippen LogP contribution in [0.5, 0.6) is 0 Å². The monoisotopic (exact) mass is 266 g/mol. The van der Waals surface area contributed by atoms with Gasteiger partial charge in [-0.3, -0.25) is 0 Å². The van der Waals surface area contributed by atoms with E-state index >= 15 is 0 Å². The van der Waals surface area contributed by atoms with E-state index in [-0.39, 0.29) is 22.5 Å². The van der Waals surface area contributed by atoms with Gasteiger partial charge in [0, 0.05) is 6.54 Å². The molecule has 0 unspecified atom stereocenters. The van der Waals surface area contributed by atoms with Crippen molar-refractivity contribution < 1.29 is 13.5 Å². The zero-order chi connectivity index (χ0) is 13.2. The number of hydrogen-bond donors (Lipinski definition) is 2. The lowest BCUT2D eigenvalue weighted by molar-refractivity contribution is 0.0453. The SMILES string of the molecule is N#Cc1ccccc1S(=O)(=O)NCC1CC(O)C1. The Labute approximate surface area is 106 Å². The number of nitrogens with zero attached hydrogens (tertiary/aromatic N) is 1. The van der Waals surface area contributed by atoms with Gasteiger partial charge in [0.1, 0.15) is 6.07 Å². The number of benzene rings is 1. The number of aliphatic hydroxyl groups is 1. The van der Waals surface area contributed by atoms with E-state index in [1.54, 1.807) is 12.1 Å². The highest BCUT2D eigenvalue weighted by Crippen LogP contribution is 2.26. The summed E-state index contributed by atoms with van der Waals surface area (Å²) in [6.45, 7) is 0.305. The average molecular weight is 266 g/mol. The summed E-state index contributed by atoms with van der Waals surface area (Å²) in [6, 6.07) is 7.96. The Morgan fingerprint density at radius 1 is 1.39 bits per heavy atom. The molecule has 6 heteroatoms. The maximum atomic E-state index is 12.0. The molecule has 0 spiro atoms. The van der Waals surface area contributed by atoms with Crippen LogP contribution in [0.2, 0.25) is 0 Å². The third kappa shape index (κ3) is 2.70. The van der Waals surface area contributed by atoms with Crippen molar-refractivity contribution in [1.29, 1.82) is 5.26 Å². The summed E-state index contributed by atoms with van der Waals surface area (Å²) in [4.78, 5) is 0.00683. The maximum Gasteiger partial charge on any atom is 0.241 e. The molecule has 5 nitrogen and oxygen atoms in total. The van der Waals surface area contributed by atoms with E-state index in [0.29, 0.717) is 19.4 Å². The van der Waals surface area contributed by atoms with Crippen LogP contribution in [0.25, 0.3) is 0 Å². The van der Waals surface area contributed by atoms with Crippen molar-refractivity contribution in [2.45, 2.75) is 23.8 Å². The molecule has 0 saturated heterocycles. The van der Waals surface area contributed by atoms with E-state index in [1.165, 1.54) is 12.1 Å². The molecule has 0 atom stereocenters. The van der Waals surface area contributed by atoms with E-state index in [2.05, 4.69) is 4.72 Å². The Morgan fingerprint density at radius 3 is 2.67 bits per heavy atom. The van der Waals surface area contributed by atoms with Gasteiger partial charge in [0.15, 0.2) is 0 Å². The molecule has 2 N–H and O–H groups in total. The van der Waals surface area contributed by atoms with Crippen LogP contribution in [0.1, 0.15) is 18.4 Å². The molecule has 1 aromatic carbocycles. The highest BCUT2D eigenvalue weighted by molar-refractivity contribution is 7.89. The quantitative estimate of drug-likeness (QED) is 0.835. The second-order valence-corrected chi connectivity index (χ2v) is 6.19. The summed E-state index contributed by atoms with van der Waals surface area (Å²) in [5.74, 6) is 0.184. The summed E-state index contributed by atoms with van der Waals surface area (Å²) in [5, 5.41) is 18.0. The Kier molecular flexibility index (Phi) is 3.66. The van der Waals surface area contributed by atoms with Gasteiger partial charge in [-0.2, -0.15) is 5.26 Å². The van der Waals surface area contributed by atoms with Crippen molar-refractivity contribution in [2.75, 3.05) is 6.54 Å². The minimum absolute atomic E-state index is 0.00683. The van der Waals surface area contributed by atoms with Crippen LogP contribution in [0.15, 0.2) is 29.2 Å². The van der Waals surface area contributed by atoms with Gasteiger partial charge in [-0.25, -0.2) is 13.1 Å². The van der Waals surface area contributed by atoms with Crippen LogP contribution in [0.3, 0.4) is 0 Å². The van der Waals surface area contributed by atoms with Gasteiger partial charge in [-0.05, 0) is 30.9 Å². The first-order valence-electron chi connectivity index (χ1n) is 5.70. The van der Waals surface area contributed by atoms with Crippen molar-refractivity contribution in [2.24, 2.45) is 5.92 Å². The topological polar surface area (TPSA) is 90.2 Å². The minimum Gasteiger partial charge on any atom is -0.393 e. The van der Waals surface area contributed by atoms with Crippen molar-refractivity contribution >= 4 is 10.0 Å². The third-order valence-corrected chi connectivity index (χ3v) is 4.55. The van der Waals surface area contributed by atoms with Gasteiger partial charge in [0.05, 0.1) is 16.6 Å². The first-order chi connectivity index (χ1) is 8.53. The molecule has 96 valence electrons. The molecule has 2 rings (SSSR count). The molecule has 0 aliphatic heterocycles. The molecule has 0 amide bonds. The fraction of sp³-hybridized carbons (Fsp3) is 0.417. The number of nitrogens with one attached hydrogen (secondary N) is 1. The number of hydrogen-bond acceptors (Lipinski definition) is 4. The van der Waals surface area contributed by atoms with Crippen molar-refractivity contribution in [3.63, 3.8) is 0 Å². The zero-order valence-electron chi connectivity index (χ0n) is 9.70. The van der Waals surface area contributed by atoms with Crippen molar-refractivity contribution in [1.82, 2.24) is 4.72 Å². The minimum atomic E-state index is -3.65. The van der Waals surface area contributed by atoms with E-state index in [9.17, 15) is 8.42 Å². The highest BCUT2D eigenvalue weighted by atomic mass is 32.2. The van der Waals surface area contributed by atoms with Gasteiger partial charge >= 0.3 is 0 Å². The molecule has 1 saturated carbocycles. The van der Waals surface area contributed by atoms with Gasteiger partial charge in [0.25, 0.3) is 0 Å².